The summed E-state index contributed by atoms with van der Waals surface area (Å²) in [7, 11) is 0. The highest BCUT2D eigenvalue weighted by Crippen LogP contribution is 2.33. The Morgan fingerprint density at radius 2 is 1.77 bits per heavy atom. The Bertz CT molecular complexity index is 901. The average molecular weight is 430 g/mol. The Kier molecular flexibility index (Phi) is 7.34. The van der Waals surface area contributed by atoms with Crippen molar-refractivity contribution in [3.05, 3.63) is 64.7 Å². The molecule has 1 atom stereocenters. The van der Waals surface area contributed by atoms with Gasteiger partial charge in [-0.15, -0.1) is 12.4 Å². The number of fused-ring (bicyclic) bond motifs is 1. The van der Waals surface area contributed by atoms with E-state index in [1.165, 1.54) is 11.1 Å². The summed E-state index contributed by atoms with van der Waals surface area (Å²) in [5.74, 6) is -0.789. The summed E-state index contributed by atoms with van der Waals surface area (Å²) in [6.45, 7) is 2.60. The molecule has 0 saturated carbocycles. The number of halogens is 1. The van der Waals surface area contributed by atoms with Crippen molar-refractivity contribution < 1.29 is 14.7 Å². The second-order valence-electron chi connectivity index (χ2n) is 7.74. The zero-order chi connectivity index (χ0) is 20.2. The first-order valence-electron chi connectivity index (χ1n) is 10.3. The van der Waals surface area contributed by atoms with Gasteiger partial charge in [0.05, 0.1) is 6.04 Å². The molecule has 160 valence electrons. The number of amides is 2. The Hall–Kier alpha value is -2.57. The van der Waals surface area contributed by atoms with Crippen LogP contribution in [-0.2, 0) is 24.1 Å². The van der Waals surface area contributed by atoms with E-state index in [-0.39, 0.29) is 30.9 Å². The normalized spacial score (nSPS) is 18.6. The minimum atomic E-state index is -0.789. The van der Waals surface area contributed by atoms with Gasteiger partial charge in [-0.25, -0.2) is 4.79 Å². The molecule has 2 aliphatic rings. The van der Waals surface area contributed by atoms with Crippen molar-refractivity contribution in [3.63, 3.8) is 0 Å². The smallest absolute Gasteiger partial charge is 0.322 e. The number of carbonyl (C=O) groups excluding carboxylic acids is 1. The lowest BCUT2D eigenvalue weighted by Gasteiger charge is -2.36. The highest BCUT2D eigenvalue weighted by Gasteiger charge is 2.30. The van der Waals surface area contributed by atoms with E-state index in [0.29, 0.717) is 13.0 Å². The fraction of sp³-hybridized carbons (Fsp3) is 0.391. The Morgan fingerprint density at radius 1 is 1.03 bits per heavy atom. The summed E-state index contributed by atoms with van der Waals surface area (Å²) in [6, 6.07) is 14.3. The summed E-state index contributed by atoms with van der Waals surface area (Å²) in [5.41, 5.74) is 5.68. The second kappa shape index (κ2) is 9.96. The van der Waals surface area contributed by atoms with Crippen LogP contribution in [0.2, 0.25) is 0 Å². The molecule has 4 rings (SSSR count). The van der Waals surface area contributed by atoms with Gasteiger partial charge in [0, 0.05) is 18.7 Å². The van der Waals surface area contributed by atoms with Crippen LogP contribution in [0.1, 0.15) is 41.1 Å². The molecule has 1 unspecified atom stereocenters. The van der Waals surface area contributed by atoms with E-state index >= 15 is 0 Å². The molecule has 0 aliphatic carbocycles. The number of hydrogen-bond acceptors (Lipinski definition) is 3. The molecule has 0 radical (unpaired) electrons. The molecule has 2 aliphatic heterocycles. The van der Waals surface area contributed by atoms with Gasteiger partial charge in [-0.05, 0) is 73.2 Å². The Morgan fingerprint density at radius 3 is 2.50 bits per heavy atom. The van der Waals surface area contributed by atoms with Crippen molar-refractivity contribution in [1.82, 2.24) is 10.6 Å². The van der Waals surface area contributed by atoms with Crippen LogP contribution in [0.3, 0.4) is 0 Å². The van der Waals surface area contributed by atoms with Gasteiger partial charge in [-0.2, -0.15) is 0 Å². The molecule has 2 aromatic carbocycles. The molecular formula is C23H28ClN3O3. The number of aryl methyl sites for hydroxylation is 1. The number of carboxylic acids is 1. The maximum Gasteiger partial charge on any atom is 0.322 e. The van der Waals surface area contributed by atoms with Crippen molar-refractivity contribution >= 4 is 30.1 Å². The van der Waals surface area contributed by atoms with E-state index in [2.05, 4.69) is 28.8 Å². The lowest BCUT2D eigenvalue weighted by molar-refractivity contribution is -0.136. The number of hydrogen-bond donors (Lipinski definition) is 3. The molecule has 30 heavy (non-hydrogen) atoms. The zero-order valence-electron chi connectivity index (χ0n) is 16.9. The minimum absolute atomic E-state index is 0. The van der Waals surface area contributed by atoms with E-state index in [1.54, 1.807) is 0 Å². The molecule has 0 bridgehead atoms. The first-order chi connectivity index (χ1) is 14.1. The molecular weight excluding hydrogens is 402 g/mol. The lowest BCUT2D eigenvalue weighted by Crippen LogP contribution is -2.48. The van der Waals surface area contributed by atoms with Gasteiger partial charge in [0.2, 0.25) is 0 Å². The first-order valence-corrected chi connectivity index (χ1v) is 10.3. The quantitative estimate of drug-likeness (QED) is 0.679. The van der Waals surface area contributed by atoms with Gasteiger partial charge in [0.15, 0.2) is 0 Å². The van der Waals surface area contributed by atoms with Gasteiger partial charge in [-0.3, -0.25) is 9.69 Å². The van der Waals surface area contributed by atoms with Crippen LogP contribution in [0.25, 0.3) is 0 Å². The van der Waals surface area contributed by atoms with Crippen molar-refractivity contribution in [1.29, 1.82) is 0 Å². The van der Waals surface area contributed by atoms with Crippen molar-refractivity contribution in [2.24, 2.45) is 0 Å². The van der Waals surface area contributed by atoms with E-state index in [9.17, 15) is 9.59 Å². The summed E-state index contributed by atoms with van der Waals surface area (Å²) in [6.07, 6.45) is 3.47. The van der Waals surface area contributed by atoms with Crippen LogP contribution in [0.15, 0.2) is 42.5 Å². The third-order valence-corrected chi connectivity index (χ3v) is 5.83. The molecule has 0 spiro atoms. The summed E-state index contributed by atoms with van der Waals surface area (Å²) in [4.78, 5) is 25.5. The van der Waals surface area contributed by atoms with Gasteiger partial charge >= 0.3 is 12.0 Å². The third kappa shape index (κ3) is 4.94. The van der Waals surface area contributed by atoms with Crippen LogP contribution in [0.5, 0.6) is 0 Å². The predicted octanol–water partition coefficient (Wildman–Crippen LogP) is 3.47. The summed E-state index contributed by atoms with van der Waals surface area (Å²) < 4.78 is 0. The fourth-order valence-electron chi connectivity index (χ4n) is 4.25. The predicted molar refractivity (Wildman–Crippen MR) is 120 cm³/mol. The number of carbonyl (C=O) groups is 2. The Balaban J connectivity index is 0.00000256. The Labute approximate surface area is 183 Å². The molecule has 2 heterocycles. The summed E-state index contributed by atoms with van der Waals surface area (Å²) in [5, 5.41) is 15.3. The molecule has 6 nitrogen and oxygen atoms in total. The minimum Gasteiger partial charge on any atom is -0.481 e. The number of anilines is 1. The molecule has 3 N–H and O–H groups in total. The zero-order valence-corrected chi connectivity index (χ0v) is 17.7. The second-order valence-corrected chi connectivity index (χ2v) is 7.74. The van der Waals surface area contributed by atoms with Crippen molar-refractivity contribution in [3.8, 4) is 0 Å². The summed E-state index contributed by atoms with van der Waals surface area (Å²) >= 11 is 0. The number of benzene rings is 2. The monoisotopic (exact) mass is 429 g/mol. The fourth-order valence-corrected chi connectivity index (χ4v) is 4.25. The van der Waals surface area contributed by atoms with Crippen molar-refractivity contribution in [2.75, 3.05) is 24.5 Å². The molecule has 2 amide bonds. The standard InChI is InChI=1S/C23H27N3O3.ClH/c27-22(28)8-3-16-1-4-18(5-2-16)21-11-14-25-23(29)26(21)20-7-6-17-9-12-24-13-10-19(17)15-20;/h1-2,4-7,15,21,24H,3,8-14H2,(H,25,29)(H,27,28);1H. The number of rotatable bonds is 5. The maximum absolute atomic E-state index is 12.8. The highest BCUT2D eigenvalue weighted by molar-refractivity contribution is 5.93. The van der Waals surface area contributed by atoms with Crippen molar-refractivity contribution in [2.45, 2.75) is 38.1 Å². The molecule has 1 saturated heterocycles. The van der Waals surface area contributed by atoms with Crippen LogP contribution in [0.4, 0.5) is 10.5 Å². The van der Waals surface area contributed by atoms with E-state index in [0.717, 1.165) is 49.2 Å². The van der Waals surface area contributed by atoms with Crippen LogP contribution < -0.4 is 15.5 Å². The number of aliphatic carboxylic acids is 1. The SMILES string of the molecule is Cl.O=C(O)CCc1ccc(C2CCNC(=O)N2c2ccc3c(c2)CCNCC3)cc1. The van der Waals surface area contributed by atoms with Crippen LogP contribution in [0, 0.1) is 0 Å². The van der Waals surface area contributed by atoms with E-state index < -0.39 is 5.97 Å². The van der Waals surface area contributed by atoms with Gasteiger partial charge < -0.3 is 15.7 Å². The first kappa shape index (κ1) is 22.1. The van der Waals surface area contributed by atoms with Crippen LogP contribution >= 0.6 is 12.4 Å². The van der Waals surface area contributed by atoms with Gasteiger partial charge in [0.1, 0.15) is 0 Å². The van der Waals surface area contributed by atoms with Gasteiger partial charge in [0.25, 0.3) is 0 Å². The largest absolute Gasteiger partial charge is 0.481 e. The third-order valence-electron chi connectivity index (χ3n) is 5.83. The molecule has 1 fully saturated rings. The molecule has 7 heteroatoms. The average Bonchev–Trinajstić information content (AvgIpc) is 2.97. The number of nitrogens with one attached hydrogen (secondary N) is 2. The number of nitrogens with zero attached hydrogens (tertiary/aromatic N) is 1. The van der Waals surface area contributed by atoms with E-state index in [4.69, 9.17) is 5.11 Å². The lowest BCUT2D eigenvalue weighted by atomic mass is 9.96. The number of carboxylic acid groups (broad SMARTS) is 1. The highest BCUT2D eigenvalue weighted by atomic mass is 35.5. The van der Waals surface area contributed by atoms with Gasteiger partial charge in [-0.1, -0.05) is 30.3 Å². The topological polar surface area (TPSA) is 81.7 Å². The van der Waals surface area contributed by atoms with Crippen LogP contribution in [-0.4, -0.2) is 36.7 Å². The molecule has 2 aromatic rings. The molecule has 0 aromatic heterocycles. The number of urea groups is 1. The maximum atomic E-state index is 12.8. The van der Waals surface area contributed by atoms with E-state index in [1.807, 2.05) is 29.2 Å².